The molecule has 0 bridgehead atoms. The Hall–Kier alpha value is -1.76. The highest BCUT2D eigenvalue weighted by molar-refractivity contribution is 5.41. The first-order valence-corrected chi connectivity index (χ1v) is 7.40. The molecule has 3 atom stereocenters. The lowest BCUT2D eigenvalue weighted by molar-refractivity contribution is 0.226. The third-order valence-electron chi connectivity index (χ3n) is 4.74. The Balaban J connectivity index is 1.92. The van der Waals surface area contributed by atoms with Crippen molar-refractivity contribution in [1.29, 1.82) is 0 Å². The lowest BCUT2D eigenvalue weighted by Crippen LogP contribution is -2.31. The molecular formula is C19H22O. The number of methoxy groups -OCH3 is 1. The molecule has 0 heterocycles. The van der Waals surface area contributed by atoms with Gasteiger partial charge in [-0.25, -0.2) is 0 Å². The smallest absolute Gasteiger partial charge is 0.119 e. The number of aryl methyl sites for hydroxylation is 1. The number of benzene rings is 2. The summed E-state index contributed by atoms with van der Waals surface area (Å²) < 4.78 is 5.32. The van der Waals surface area contributed by atoms with Crippen LogP contribution >= 0.6 is 0 Å². The van der Waals surface area contributed by atoms with Crippen LogP contribution in [0.2, 0.25) is 0 Å². The molecule has 3 rings (SSSR count). The minimum Gasteiger partial charge on any atom is -0.497 e. The Morgan fingerprint density at radius 3 is 2.40 bits per heavy atom. The zero-order chi connectivity index (χ0) is 14.1. The van der Waals surface area contributed by atoms with E-state index in [4.69, 9.17) is 4.74 Å². The van der Waals surface area contributed by atoms with Crippen LogP contribution in [0.1, 0.15) is 41.9 Å². The molecule has 1 heteroatoms. The maximum absolute atomic E-state index is 5.32. The normalized spacial score (nSPS) is 25.1. The van der Waals surface area contributed by atoms with Crippen LogP contribution in [0.3, 0.4) is 0 Å². The number of hydrogen-bond acceptors (Lipinski definition) is 1. The van der Waals surface area contributed by atoms with E-state index in [1.807, 2.05) is 0 Å². The summed E-state index contributed by atoms with van der Waals surface area (Å²) in [6.07, 6.45) is 1.29. The second kappa shape index (κ2) is 5.32. The van der Waals surface area contributed by atoms with E-state index in [0.717, 1.165) is 11.7 Å². The van der Waals surface area contributed by atoms with Gasteiger partial charge in [0.15, 0.2) is 0 Å². The van der Waals surface area contributed by atoms with Gasteiger partial charge in [-0.3, -0.25) is 0 Å². The van der Waals surface area contributed by atoms with Crippen LogP contribution in [0.15, 0.2) is 48.5 Å². The number of hydrogen-bond donors (Lipinski definition) is 0. The summed E-state index contributed by atoms with van der Waals surface area (Å²) in [5, 5.41) is 0. The summed E-state index contributed by atoms with van der Waals surface area (Å²) >= 11 is 0. The topological polar surface area (TPSA) is 9.23 Å². The first-order chi connectivity index (χ1) is 9.70. The molecule has 1 fully saturated rings. The fourth-order valence-corrected chi connectivity index (χ4v) is 3.61. The van der Waals surface area contributed by atoms with Crippen LogP contribution in [0.25, 0.3) is 0 Å². The number of ether oxygens (including phenoxy) is 1. The van der Waals surface area contributed by atoms with E-state index < -0.39 is 0 Å². The molecule has 1 aliphatic carbocycles. The third kappa shape index (κ3) is 2.22. The lowest BCUT2D eigenvalue weighted by Gasteiger charge is -2.44. The Labute approximate surface area is 121 Å². The minimum atomic E-state index is 0.642. The van der Waals surface area contributed by atoms with Crippen molar-refractivity contribution >= 4 is 0 Å². The Morgan fingerprint density at radius 2 is 1.80 bits per heavy atom. The van der Waals surface area contributed by atoms with Crippen molar-refractivity contribution in [3.8, 4) is 5.75 Å². The van der Waals surface area contributed by atoms with Gasteiger partial charge < -0.3 is 4.74 Å². The van der Waals surface area contributed by atoms with E-state index in [1.165, 1.54) is 23.1 Å². The molecule has 0 amide bonds. The van der Waals surface area contributed by atoms with Gasteiger partial charge in [-0.1, -0.05) is 43.3 Å². The van der Waals surface area contributed by atoms with Crippen molar-refractivity contribution in [2.75, 3.05) is 7.11 Å². The van der Waals surface area contributed by atoms with Crippen molar-refractivity contribution in [1.82, 2.24) is 0 Å². The van der Waals surface area contributed by atoms with E-state index in [9.17, 15) is 0 Å². The molecule has 0 saturated heterocycles. The Kier molecular flexibility index (Phi) is 3.52. The SMILES string of the molecule is COc1ccc(C2C(C)CC2c2ccccc2)c(C)c1. The molecule has 2 aromatic carbocycles. The first-order valence-electron chi connectivity index (χ1n) is 7.40. The fraction of sp³-hybridized carbons (Fsp3) is 0.368. The highest BCUT2D eigenvalue weighted by Crippen LogP contribution is 2.53. The van der Waals surface area contributed by atoms with Crippen molar-refractivity contribution in [2.45, 2.75) is 32.1 Å². The molecule has 20 heavy (non-hydrogen) atoms. The van der Waals surface area contributed by atoms with E-state index in [2.05, 4.69) is 62.4 Å². The molecular weight excluding hydrogens is 244 g/mol. The first kappa shape index (κ1) is 13.2. The predicted molar refractivity (Wildman–Crippen MR) is 83.4 cm³/mol. The van der Waals surface area contributed by atoms with E-state index in [0.29, 0.717) is 11.8 Å². The van der Waals surface area contributed by atoms with E-state index in [-0.39, 0.29) is 0 Å². The summed E-state index contributed by atoms with van der Waals surface area (Å²) in [4.78, 5) is 0. The van der Waals surface area contributed by atoms with Gasteiger partial charge in [0.2, 0.25) is 0 Å². The summed E-state index contributed by atoms with van der Waals surface area (Å²) in [5.41, 5.74) is 4.31. The van der Waals surface area contributed by atoms with Gasteiger partial charge in [0.1, 0.15) is 5.75 Å². The van der Waals surface area contributed by atoms with Crippen molar-refractivity contribution in [3.05, 3.63) is 65.2 Å². The minimum absolute atomic E-state index is 0.642. The highest BCUT2D eigenvalue weighted by Gasteiger charge is 2.40. The van der Waals surface area contributed by atoms with Gasteiger partial charge in [-0.05, 0) is 59.9 Å². The predicted octanol–water partition coefficient (Wildman–Crippen LogP) is 4.91. The van der Waals surface area contributed by atoms with Crippen LogP contribution in [0.5, 0.6) is 5.75 Å². The summed E-state index contributed by atoms with van der Waals surface area (Å²) in [6.45, 7) is 4.57. The Bertz CT molecular complexity index is 588. The second-order valence-corrected chi connectivity index (χ2v) is 5.98. The van der Waals surface area contributed by atoms with Gasteiger partial charge >= 0.3 is 0 Å². The number of rotatable bonds is 3. The average Bonchev–Trinajstić information content (AvgIpc) is 2.47. The zero-order valence-electron chi connectivity index (χ0n) is 12.5. The van der Waals surface area contributed by atoms with Gasteiger partial charge in [-0.15, -0.1) is 0 Å². The average molecular weight is 266 g/mol. The summed E-state index contributed by atoms with van der Waals surface area (Å²) in [7, 11) is 1.73. The van der Waals surface area contributed by atoms with Crippen LogP contribution in [0.4, 0.5) is 0 Å². The van der Waals surface area contributed by atoms with Gasteiger partial charge in [0.05, 0.1) is 7.11 Å². The molecule has 0 radical (unpaired) electrons. The van der Waals surface area contributed by atoms with Gasteiger partial charge in [-0.2, -0.15) is 0 Å². The summed E-state index contributed by atoms with van der Waals surface area (Å²) in [6, 6.07) is 17.4. The zero-order valence-corrected chi connectivity index (χ0v) is 12.5. The van der Waals surface area contributed by atoms with E-state index >= 15 is 0 Å². The fourth-order valence-electron chi connectivity index (χ4n) is 3.61. The molecule has 1 nitrogen and oxygen atoms in total. The highest BCUT2D eigenvalue weighted by atomic mass is 16.5. The molecule has 0 aromatic heterocycles. The second-order valence-electron chi connectivity index (χ2n) is 5.98. The molecule has 104 valence electrons. The Morgan fingerprint density at radius 1 is 1.05 bits per heavy atom. The molecule has 0 N–H and O–H groups in total. The molecule has 1 aliphatic rings. The van der Waals surface area contributed by atoms with Crippen molar-refractivity contribution in [2.24, 2.45) is 5.92 Å². The quantitative estimate of drug-likeness (QED) is 0.767. The van der Waals surface area contributed by atoms with Crippen LogP contribution < -0.4 is 4.74 Å². The summed E-state index contributed by atoms with van der Waals surface area (Å²) in [5.74, 6) is 3.02. The van der Waals surface area contributed by atoms with Crippen molar-refractivity contribution < 1.29 is 4.74 Å². The lowest BCUT2D eigenvalue weighted by atomic mass is 9.60. The standard InChI is InChI=1S/C19H22O/c1-13-11-16(20-3)9-10-17(13)19-14(2)12-18(19)15-7-5-4-6-8-15/h4-11,14,18-19H,12H2,1-3H3. The van der Waals surface area contributed by atoms with Crippen LogP contribution in [0, 0.1) is 12.8 Å². The van der Waals surface area contributed by atoms with Crippen LogP contribution in [-0.4, -0.2) is 7.11 Å². The maximum Gasteiger partial charge on any atom is 0.119 e. The van der Waals surface area contributed by atoms with E-state index in [1.54, 1.807) is 7.11 Å². The van der Waals surface area contributed by atoms with Crippen LogP contribution in [-0.2, 0) is 0 Å². The molecule has 0 aliphatic heterocycles. The van der Waals surface area contributed by atoms with Gasteiger partial charge in [0, 0.05) is 0 Å². The monoisotopic (exact) mass is 266 g/mol. The molecule has 2 aromatic rings. The van der Waals surface area contributed by atoms with Crippen molar-refractivity contribution in [3.63, 3.8) is 0 Å². The third-order valence-corrected chi connectivity index (χ3v) is 4.74. The molecule has 1 saturated carbocycles. The van der Waals surface area contributed by atoms with Gasteiger partial charge in [0.25, 0.3) is 0 Å². The largest absolute Gasteiger partial charge is 0.497 e. The molecule has 3 unspecified atom stereocenters. The molecule has 0 spiro atoms. The maximum atomic E-state index is 5.32.